The number of nitrogens with zero attached hydrogens (tertiary/aromatic N) is 1. The van der Waals surface area contributed by atoms with Gasteiger partial charge in [0.25, 0.3) is 11.5 Å². The predicted octanol–water partition coefficient (Wildman–Crippen LogP) is 4.71. The number of aromatic amines is 1. The number of carbonyl (C=O) groups is 1. The molecule has 0 aromatic carbocycles. The van der Waals surface area contributed by atoms with Crippen LogP contribution in [0.1, 0.15) is 63.3 Å². The van der Waals surface area contributed by atoms with E-state index in [9.17, 15) is 9.59 Å². The van der Waals surface area contributed by atoms with Crippen LogP contribution in [0, 0.1) is 4.77 Å². The SMILES string of the molecule is O=C(Nn1c(=S)[nH]c2sc3c(c2c1=O)CCCCC3)c1csc2c1CCCC2. The van der Waals surface area contributed by atoms with Gasteiger partial charge in [-0.1, -0.05) is 6.42 Å². The number of fused-ring (bicyclic) bond motifs is 4. The Bertz CT molecular complexity index is 1200. The van der Waals surface area contributed by atoms with E-state index in [-0.39, 0.29) is 16.2 Å². The topological polar surface area (TPSA) is 66.9 Å². The zero-order valence-electron chi connectivity index (χ0n) is 15.4. The molecule has 1 amide bonds. The standard InChI is InChI=1S/C20H21N3O2S3/c24-17(13-10-27-14-8-5-4-6-11(13)14)22-23-19(25)16-12-7-2-1-3-9-15(12)28-18(16)21-20(23)26/h10H,1-9H2,(H,21,26)(H,22,24). The lowest BCUT2D eigenvalue weighted by atomic mass is 9.96. The molecule has 146 valence electrons. The van der Waals surface area contributed by atoms with Gasteiger partial charge in [-0.15, -0.1) is 22.7 Å². The van der Waals surface area contributed by atoms with Crippen molar-refractivity contribution in [2.24, 2.45) is 0 Å². The summed E-state index contributed by atoms with van der Waals surface area (Å²) in [6.45, 7) is 0. The summed E-state index contributed by atoms with van der Waals surface area (Å²) in [4.78, 5) is 32.8. The summed E-state index contributed by atoms with van der Waals surface area (Å²) in [6, 6.07) is 0. The van der Waals surface area contributed by atoms with Crippen molar-refractivity contribution in [1.82, 2.24) is 9.66 Å². The molecule has 0 fully saturated rings. The number of hydrogen-bond donors (Lipinski definition) is 2. The molecule has 0 saturated carbocycles. The van der Waals surface area contributed by atoms with Gasteiger partial charge in [0, 0.05) is 15.1 Å². The second kappa shape index (κ2) is 7.24. The number of aromatic nitrogens is 2. The Morgan fingerprint density at radius 1 is 1.04 bits per heavy atom. The summed E-state index contributed by atoms with van der Waals surface area (Å²) < 4.78 is 1.47. The number of thiophene rings is 2. The van der Waals surface area contributed by atoms with Gasteiger partial charge >= 0.3 is 0 Å². The molecule has 0 atom stereocenters. The van der Waals surface area contributed by atoms with Crippen molar-refractivity contribution in [3.8, 4) is 0 Å². The van der Waals surface area contributed by atoms with Crippen LogP contribution in [0.25, 0.3) is 10.2 Å². The molecule has 0 saturated heterocycles. The van der Waals surface area contributed by atoms with Crippen molar-refractivity contribution in [3.63, 3.8) is 0 Å². The first-order valence-electron chi connectivity index (χ1n) is 9.83. The van der Waals surface area contributed by atoms with Crippen LogP contribution in [-0.4, -0.2) is 15.6 Å². The van der Waals surface area contributed by atoms with E-state index in [0.29, 0.717) is 10.9 Å². The highest BCUT2D eigenvalue weighted by Gasteiger charge is 2.23. The van der Waals surface area contributed by atoms with Gasteiger partial charge in [0.2, 0.25) is 4.77 Å². The first-order valence-corrected chi connectivity index (χ1v) is 11.9. The molecule has 5 rings (SSSR count). The minimum absolute atomic E-state index is 0.212. The van der Waals surface area contributed by atoms with Crippen LogP contribution in [0.15, 0.2) is 10.2 Å². The van der Waals surface area contributed by atoms with Crippen molar-refractivity contribution in [2.75, 3.05) is 5.43 Å². The average Bonchev–Trinajstić information content (AvgIpc) is 3.19. The number of aryl methyl sites for hydroxylation is 3. The lowest BCUT2D eigenvalue weighted by Gasteiger charge is -2.13. The number of amides is 1. The highest BCUT2D eigenvalue weighted by atomic mass is 32.1. The second-order valence-corrected chi connectivity index (χ2v) is 9.99. The molecular formula is C20H21N3O2S3. The molecule has 28 heavy (non-hydrogen) atoms. The van der Waals surface area contributed by atoms with Crippen LogP contribution in [0.5, 0.6) is 0 Å². The fraction of sp³-hybridized carbons (Fsp3) is 0.450. The van der Waals surface area contributed by atoms with Gasteiger partial charge in [-0.05, 0) is 74.7 Å². The number of nitrogens with one attached hydrogen (secondary N) is 2. The van der Waals surface area contributed by atoms with Gasteiger partial charge in [0.05, 0.1) is 10.9 Å². The Morgan fingerprint density at radius 2 is 1.75 bits per heavy atom. The molecule has 0 bridgehead atoms. The maximum absolute atomic E-state index is 13.3. The molecule has 2 aliphatic carbocycles. The molecule has 8 heteroatoms. The largest absolute Gasteiger partial charge is 0.322 e. The summed E-state index contributed by atoms with van der Waals surface area (Å²) in [5.41, 5.74) is 5.53. The summed E-state index contributed by atoms with van der Waals surface area (Å²) in [6.07, 6.45) is 9.65. The van der Waals surface area contributed by atoms with Crippen LogP contribution in [0.2, 0.25) is 0 Å². The van der Waals surface area contributed by atoms with Crippen LogP contribution in [0.3, 0.4) is 0 Å². The van der Waals surface area contributed by atoms with Gasteiger partial charge < -0.3 is 4.98 Å². The second-order valence-electron chi connectivity index (χ2n) is 7.54. The van der Waals surface area contributed by atoms with E-state index in [1.165, 1.54) is 27.3 Å². The first kappa shape index (κ1) is 18.3. The van der Waals surface area contributed by atoms with Crippen molar-refractivity contribution in [2.45, 2.75) is 57.8 Å². The van der Waals surface area contributed by atoms with Gasteiger partial charge in [0.1, 0.15) is 4.83 Å². The first-order chi connectivity index (χ1) is 13.6. The lowest BCUT2D eigenvalue weighted by molar-refractivity contribution is 0.101. The number of hydrogen-bond acceptors (Lipinski definition) is 5. The third kappa shape index (κ3) is 2.98. The smallest absolute Gasteiger partial charge is 0.282 e. The van der Waals surface area contributed by atoms with E-state index >= 15 is 0 Å². The molecule has 3 aromatic heterocycles. The summed E-state index contributed by atoms with van der Waals surface area (Å²) in [5.74, 6) is -0.248. The third-order valence-electron chi connectivity index (χ3n) is 5.78. The van der Waals surface area contributed by atoms with Gasteiger partial charge in [0.15, 0.2) is 0 Å². The molecule has 0 aliphatic heterocycles. The molecular weight excluding hydrogens is 410 g/mol. The van der Waals surface area contributed by atoms with Gasteiger partial charge in [-0.3, -0.25) is 15.0 Å². The molecule has 5 nitrogen and oxygen atoms in total. The van der Waals surface area contributed by atoms with E-state index in [2.05, 4.69) is 10.4 Å². The minimum atomic E-state index is -0.248. The van der Waals surface area contributed by atoms with Crippen molar-refractivity contribution < 1.29 is 4.79 Å². The normalized spacial score (nSPS) is 16.4. The maximum atomic E-state index is 13.3. The van der Waals surface area contributed by atoms with Crippen molar-refractivity contribution in [1.29, 1.82) is 0 Å². The summed E-state index contributed by atoms with van der Waals surface area (Å²) in [7, 11) is 0. The van der Waals surface area contributed by atoms with Crippen LogP contribution in [0.4, 0.5) is 0 Å². The number of H-pyrrole nitrogens is 1. The molecule has 0 spiro atoms. The highest BCUT2D eigenvalue weighted by molar-refractivity contribution is 7.71. The molecule has 2 aliphatic rings. The van der Waals surface area contributed by atoms with Crippen LogP contribution in [-0.2, 0) is 25.7 Å². The molecule has 2 N–H and O–H groups in total. The number of carbonyl (C=O) groups excluding carboxylic acids is 1. The van der Waals surface area contributed by atoms with Crippen molar-refractivity contribution in [3.05, 3.63) is 46.9 Å². The fourth-order valence-corrected chi connectivity index (χ4v) is 7.06. The third-order valence-corrected chi connectivity index (χ3v) is 8.36. The zero-order chi connectivity index (χ0) is 19.3. The Kier molecular flexibility index (Phi) is 4.72. The zero-order valence-corrected chi connectivity index (χ0v) is 17.9. The van der Waals surface area contributed by atoms with Gasteiger partial charge in [-0.25, -0.2) is 0 Å². The Hall–Kier alpha value is -1.77. The Morgan fingerprint density at radius 3 is 2.64 bits per heavy atom. The Labute approximate surface area is 175 Å². The molecule has 3 heterocycles. The quantitative estimate of drug-likeness (QED) is 0.456. The predicted molar refractivity (Wildman–Crippen MR) is 117 cm³/mol. The van der Waals surface area contributed by atoms with Crippen molar-refractivity contribution >= 4 is 51.0 Å². The maximum Gasteiger partial charge on any atom is 0.282 e. The van der Waals surface area contributed by atoms with E-state index in [0.717, 1.165) is 60.9 Å². The van der Waals surface area contributed by atoms with E-state index in [1.807, 2.05) is 5.38 Å². The average molecular weight is 432 g/mol. The molecule has 0 unspecified atom stereocenters. The van der Waals surface area contributed by atoms with Gasteiger partial charge in [-0.2, -0.15) is 4.68 Å². The van der Waals surface area contributed by atoms with Crippen LogP contribution < -0.4 is 11.0 Å². The fourth-order valence-electron chi connectivity index (χ4n) is 4.36. The molecule has 0 radical (unpaired) electrons. The number of rotatable bonds is 2. The van der Waals surface area contributed by atoms with E-state index in [1.54, 1.807) is 22.7 Å². The Balaban J connectivity index is 1.57. The summed E-state index contributed by atoms with van der Waals surface area (Å²) >= 11 is 8.69. The summed E-state index contributed by atoms with van der Waals surface area (Å²) in [5, 5.41) is 2.61. The minimum Gasteiger partial charge on any atom is -0.322 e. The molecule has 3 aromatic rings. The van der Waals surface area contributed by atoms with E-state index < -0.39 is 0 Å². The lowest BCUT2D eigenvalue weighted by Crippen LogP contribution is -2.34. The highest BCUT2D eigenvalue weighted by Crippen LogP contribution is 2.33. The van der Waals surface area contributed by atoms with Crippen LogP contribution >= 0.6 is 34.9 Å². The van der Waals surface area contributed by atoms with E-state index in [4.69, 9.17) is 12.2 Å². The monoisotopic (exact) mass is 431 g/mol.